The number of nitrogen functional groups attached to an aromatic ring is 1. The first kappa shape index (κ1) is 26.6. The van der Waals surface area contributed by atoms with E-state index in [4.69, 9.17) is 25.9 Å². The van der Waals surface area contributed by atoms with Gasteiger partial charge in [0.2, 0.25) is 0 Å². The molecule has 2 atom stereocenters. The summed E-state index contributed by atoms with van der Waals surface area (Å²) in [5.41, 5.74) is 7.08. The fraction of sp³-hybridized carbons (Fsp3) is 0.708. The van der Waals surface area contributed by atoms with Crippen LogP contribution in [-0.2, 0) is 4.74 Å². The monoisotopic (exact) mass is 507 g/mol. The molecule has 0 saturated carbocycles. The number of anilines is 1. The van der Waals surface area contributed by atoms with Crippen LogP contribution in [0.5, 0.6) is 0 Å². The minimum absolute atomic E-state index is 0.0994. The van der Waals surface area contributed by atoms with Gasteiger partial charge >= 0.3 is 0 Å². The Balaban J connectivity index is 0.000000556. The molecule has 3 aliphatic rings. The smallest absolute Gasteiger partial charge is 0.262 e. The lowest BCUT2D eigenvalue weighted by Gasteiger charge is -2.44. The molecule has 3 saturated heterocycles. The average molecular weight is 508 g/mol. The van der Waals surface area contributed by atoms with Crippen molar-refractivity contribution in [1.29, 1.82) is 5.26 Å². The quantitative estimate of drug-likeness (QED) is 0.419. The largest absolute Gasteiger partial charge is 0.382 e. The summed E-state index contributed by atoms with van der Waals surface area (Å²) in [6.45, 7) is 4.62. The first-order chi connectivity index (χ1) is 16.9. The van der Waals surface area contributed by atoms with Crippen LogP contribution in [0.3, 0.4) is 0 Å². The molecule has 3 aliphatic heterocycles. The Bertz CT molecular complexity index is 1080. The van der Waals surface area contributed by atoms with Crippen LogP contribution in [0, 0.1) is 11.3 Å². The van der Waals surface area contributed by atoms with Crippen molar-refractivity contribution in [1.82, 2.24) is 24.4 Å². The van der Waals surface area contributed by atoms with Crippen LogP contribution < -0.4 is 5.73 Å². The van der Waals surface area contributed by atoms with E-state index in [-0.39, 0.29) is 25.2 Å². The molecule has 2 aromatic rings. The van der Waals surface area contributed by atoms with Gasteiger partial charge in [0, 0.05) is 31.6 Å². The van der Waals surface area contributed by atoms with Gasteiger partial charge in [-0.3, -0.25) is 9.80 Å². The fourth-order valence-electron chi connectivity index (χ4n) is 5.59. The predicted molar refractivity (Wildman–Crippen MR) is 128 cm³/mol. The molecule has 5 heterocycles. The van der Waals surface area contributed by atoms with Gasteiger partial charge in [-0.1, -0.05) is 0 Å². The molecule has 2 aromatic heterocycles. The molecule has 0 unspecified atom stereocenters. The number of alkyl halides is 2. The number of nitrogens with zero attached hydrogens (tertiary/aromatic N) is 6. The number of ether oxygens (including phenoxy) is 1. The summed E-state index contributed by atoms with van der Waals surface area (Å²) >= 11 is 0. The van der Waals surface area contributed by atoms with Gasteiger partial charge in [-0.15, -0.1) is 0 Å². The van der Waals surface area contributed by atoms with Crippen molar-refractivity contribution in [3.05, 3.63) is 24.2 Å². The Kier molecular flexibility index (Phi) is 7.50. The van der Waals surface area contributed by atoms with Gasteiger partial charge in [-0.2, -0.15) is 10.4 Å². The van der Waals surface area contributed by atoms with Gasteiger partial charge in [-0.05, 0) is 51.7 Å². The number of fused-ring (bicyclic) bond motifs is 1. The molecule has 5 rings (SSSR count). The van der Waals surface area contributed by atoms with Crippen molar-refractivity contribution in [3.8, 4) is 6.07 Å². The number of halogens is 2. The van der Waals surface area contributed by atoms with Gasteiger partial charge < -0.3 is 20.7 Å². The molecule has 4 N–H and O–H groups in total. The summed E-state index contributed by atoms with van der Waals surface area (Å²) in [6, 6.07) is 5.99. The highest BCUT2D eigenvalue weighted by molar-refractivity contribution is 5.65. The van der Waals surface area contributed by atoms with Crippen molar-refractivity contribution in [3.63, 3.8) is 0 Å². The Morgan fingerprint density at radius 1 is 1.25 bits per heavy atom. The number of nitriles is 1. The zero-order chi connectivity index (χ0) is 26.1. The molecule has 12 heteroatoms. The number of piperidine rings is 1. The van der Waals surface area contributed by atoms with E-state index >= 15 is 0 Å². The Morgan fingerprint density at radius 3 is 2.61 bits per heavy atom. The molecule has 36 heavy (non-hydrogen) atoms. The van der Waals surface area contributed by atoms with E-state index in [1.807, 2.05) is 21.9 Å². The Morgan fingerprint density at radius 2 is 1.94 bits per heavy atom. The second-order valence-corrected chi connectivity index (χ2v) is 10.6. The van der Waals surface area contributed by atoms with Gasteiger partial charge in [0.1, 0.15) is 17.9 Å². The van der Waals surface area contributed by atoms with Crippen LogP contribution in [0.25, 0.3) is 5.52 Å². The number of aliphatic hydroxyl groups is 2. The minimum Gasteiger partial charge on any atom is -0.382 e. The number of aromatic nitrogens is 3. The highest BCUT2D eigenvalue weighted by Crippen LogP contribution is 2.46. The molecule has 0 aliphatic carbocycles. The second kappa shape index (κ2) is 10.1. The van der Waals surface area contributed by atoms with Gasteiger partial charge in [0.15, 0.2) is 11.6 Å². The molecule has 0 amide bonds. The van der Waals surface area contributed by atoms with Crippen molar-refractivity contribution >= 4 is 11.3 Å². The lowest BCUT2D eigenvalue weighted by atomic mass is 9.84. The predicted octanol–water partition coefficient (Wildman–Crippen LogP) is 1.94. The summed E-state index contributed by atoms with van der Waals surface area (Å²) in [4.78, 5) is 8.04. The second-order valence-electron chi connectivity index (χ2n) is 10.6. The van der Waals surface area contributed by atoms with Gasteiger partial charge in [0.25, 0.3) is 5.92 Å². The Labute approximate surface area is 209 Å². The number of nitrogens with two attached hydrogens (primary N) is 1. The van der Waals surface area contributed by atoms with Gasteiger partial charge in [0.05, 0.1) is 31.0 Å². The maximum Gasteiger partial charge on any atom is 0.262 e. The number of likely N-dealkylation sites (tertiary alicyclic amines) is 2. The van der Waals surface area contributed by atoms with Crippen LogP contribution in [0.15, 0.2) is 18.5 Å². The summed E-state index contributed by atoms with van der Waals surface area (Å²) in [5, 5.41) is 29.4. The van der Waals surface area contributed by atoms with Crippen LogP contribution in [0.4, 0.5) is 14.6 Å². The highest BCUT2D eigenvalue weighted by Gasteiger charge is 2.55. The SMILES string of the molecule is CC(C)(O)O.N#CCN1CCC2(CC1)CC(F)(F)CN2C[C@@H]1CC[C@H](c2ccc3c(N)ncnn23)O1. The lowest BCUT2D eigenvalue weighted by molar-refractivity contribution is -0.127. The maximum atomic E-state index is 14.5. The summed E-state index contributed by atoms with van der Waals surface area (Å²) in [5.74, 6) is -3.76. The number of hydrogen-bond acceptors (Lipinski definition) is 9. The normalized spacial score (nSPS) is 26.1. The van der Waals surface area contributed by atoms with E-state index < -0.39 is 17.2 Å². The molecule has 198 valence electrons. The van der Waals surface area contributed by atoms with E-state index in [2.05, 4.69) is 16.2 Å². The van der Waals surface area contributed by atoms with Crippen LogP contribution in [-0.4, -0.2) is 90.7 Å². The van der Waals surface area contributed by atoms with Gasteiger partial charge in [-0.25, -0.2) is 18.3 Å². The van der Waals surface area contributed by atoms with Crippen molar-refractivity contribution in [2.75, 3.05) is 38.5 Å². The number of rotatable bonds is 4. The third-order valence-electron chi connectivity index (χ3n) is 7.13. The molecule has 1 spiro atoms. The molecule has 0 radical (unpaired) electrons. The molecule has 0 bridgehead atoms. The van der Waals surface area contributed by atoms with E-state index in [1.54, 1.807) is 4.52 Å². The third kappa shape index (κ3) is 6.10. The fourth-order valence-corrected chi connectivity index (χ4v) is 5.59. The van der Waals surface area contributed by atoms with Crippen LogP contribution in [0.1, 0.15) is 57.7 Å². The zero-order valence-electron chi connectivity index (χ0n) is 20.8. The van der Waals surface area contributed by atoms with Crippen molar-refractivity contribution in [2.24, 2.45) is 0 Å². The Hall–Kier alpha value is -2.43. The third-order valence-corrected chi connectivity index (χ3v) is 7.13. The minimum atomic E-state index is -2.68. The first-order valence-electron chi connectivity index (χ1n) is 12.3. The molecule has 10 nitrogen and oxygen atoms in total. The molecule has 0 aromatic carbocycles. The molecular formula is C24H35F2N7O3. The van der Waals surface area contributed by atoms with Crippen molar-refractivity contribution < 1.29 is 23.7 Å². The standard InChI is InChI=1S/C21H27F2N7O.C3H8O2/c22-21(23)12-20(5-8-28(9-6-20)10-7-24)29(13-21)11-15-1-4-18(31-15)16-2-3-17-19(25)26-14-27-30(16)17;1-3(2,4)5/h2-3,14-15,18H,1,4-6,8-13H2,(H2,25,26,27);4-5H,1-2H3/t15-,18+;/m0./s1. The maximum absolute atomic E-state index is 14.5. The van der Waals surface area contributed by atoms with E-state index in [0.29, 0.717) is 44.8 Å². The molecular weight excluding hydrogens is 472 g/mol. The topological polar surface area (TPSA) is 136 Å². The average Bonchev–Trinajstić information content (AvgIpc) is 3.46. The zero-order valence-corrected chi connectivity index (χ0v) is 20.8. The molecule has 3 fully saturated rings. The van der Waals surface area contributed by atoms with Crippen LogP contribution in [0.2, 0.25) is 0 Å². The number of hydrogen-bond donors (Lipinski definition) is 3. The van der Waals surface area contributed by atoms with E-state index in [1.165, 1.54) is 20.2 Å². The lowest BCUT2D eigenvalue weighted by Crippen LogP contribution is -2.53. The summed E-state index contributed by atoms with van der Waals surface area (Å²) in [7, 11) is 0. The summed E-state index contributed by atoms with van der Waals surface area (Å²) < 4.78 is 37.0. The van der Waals surface area contributed by atoms with Crippen LogP contribution >= 0.6 is 0 Å². The summed E-state index contributed by atoms with van der Waals surface area (Å²) in [6.07, 6.45) is 4.05. The highest BCUT2D eigenvalue weighted by atomic mass is 19.3. The first-order valence-corrected chi connectivity index (χ1v) is 12.3. The van der Waals surface area contributed by atoms with Crippen molar-refractivity contribution in [2.45, 2.75) is 75.4 Å². The van der Waals surface area contributed by atoms with E-state index in [0.717, 1.165) is 24.1 Å². The van der Waals surface area contributed by atoms with E-state index in [9.17, 15) is 8.78 Å².